The highest BCUT2D eigenvalue weighted by Gasteiger charge is 2.21. The van der Waals surface area contributed by atoms with E-state index >= 15 is 0 Å². The number of hydrogen-bond acceptors (Lipinski definition) is 6. The molecule has 2 heterocycles. The van der Waals surface area contributed by atoms with Gasteiger partial charge in [-0.1, -0.05) is 24.3 Å². The van der Waals surface area contributed by atoms with Gasteiger partial charge in [0.25, 0.3) is 10.0 Å². The molecule has 0 fully saturated rings. The Hall–Kier alpha value is -3.71. The summed E-state index contributed by atoms with van der Waals surface area (Å²) in [5.74, 6) is 0.0751. The topological polar surface area (TPSA) is 108 Å². The number of amides is 1. The second-order valence-electron chi connectivity index (χ2n) is 6.05. The Morgan fingerprint density at radius 2 is 1.90 bits per heavy atom. The Kier molecular flexibility index (Phi) is 5.34. The molecule has 2 aromatic heterocycles. The molecule has 0 unspecified atom stereocenters. The number of rotatable bonds is 5. The molecular weight excluding hydrogens is 394 g/mol. The number of benzene rings is 1. The van der Waals surface area contributed by atoms with Crippen LogP contribution in [-0.4, -0.2) is 36.2 Å². The average Bonchev–Trinajstić information content (AvgIpc) is 3.03. The summed E-state index contributed by atoms with van der Waals surface area (Å²) < 4.78 is 33.0. The van der Waals surface area contributed by atoms with Crippen LogP contribution in [0.3, 0.4) is 0 Å². The summed E-state index contributed by atoms with van der Waals surface area (Å²) in [5.41, 5.74) is 2.76. The summed E-state index contributed by atoms with van der Waals surface area (Å²) in [6, 6.07) is 9.82. The van der Waals surface area contributed by atoms with Crippen LogP contribution < -0.4 is 9.46 Å². The quantitative estimate of drug-likeness (QED) is 0.647. The molecule has 3 aromatic rings. The Balaban J connectivity index is 2.04. The minimum absolute atomic E-state index is 0.144. The molecule has 1 N–H and O–H groups in total. The lowest BCUT2D eigenvalue weighted by molar-refractivity contribution is -0.117. The van der Waals surface area contributed by atoms with Crippen molar-refractivity contribution < 1.29 is 17.9 Å². The lowest BCUT2D eigenvalue weighted by Gasteiger charge is -2.09. The highest BCUT2D eigenvalue weighted by Crippen LogP contribution is 2.35. The lowest BCUT2D eigenvalue weighted by Crippen LogP contribution is -2.28. The number of pyridine rings is 1. The maximum absolute atomic E-state index is 12.1. The number of sulfonamides is 1. The molecule has 0 saturated heterocycles. The van der Waals surface area contributed by atoms with E-state index in [1.54, 1.807) is 24.3 Å². The predicted octanol–water partition coefficient (Wildman–Crippen LogP) is 2.63. The van der Waals surface area contributed by atoms with Gasteiger partial charge in [0.1, 0.15) is 4.90 Å². The first-order valence-electron chi connectivity index (χ1n) is 8.38. The first-order chi connectivity index (χ1) is 13.8. The molecule has 0 aliphatic rings. The Bertz CT molecular complexity index is 1210. The van der Waals surface area contributed by atoms with Crippen molar-refractivity contribution in [1.82, 2.24) is 19.5 Å². The van der Waals surface area contributed by atoms with Crippen LogP contribution in [0, 0.1) is 13.5 Å². The largest absolute Gasteiger partial charge is 0.480 e. The number of aryl methyl sites for hydroxylation is 1. The molecule has 0 atom stereocenters. The lowest BCUT2D eigenvalue weighted by atomic mass is 10.1. The number of nitrogens with one attached hydrogen (secondary N) is 1. The zero-order chi connectivity index (χ0) is 21.2. The van der Waals surface area contributed by atoms with Crippen molar-refractivity contribution in [3.63, 3.8) is 0 Å². The summed E-state index contributed by atoms with van der Waals surface area (Å²) in [5, 5.41) is 4.46. The van der Waals surface area contributed by atoms with Crippen LogP contribution in [0.25, 0.3) is 21.8 Å². The number of hydrogen-bond donors (Lipinski definition) is 1. The van der Waals surface area contributed by atoms with Crippen molar-refractivity contribution in [2.45, 2.75) is 18.7 Å². The van der Waals surface area contributed by atoms with Gasteiger partial charge in [0.2, 0.25) is 11.8 Å². The summed E-state index contributed by atoms with van der Waals surface area (Å²) in [4.78, 5) is 18.5. The van der Waals surface area contributed by atoms with Crippen molar-refractivity contribution in [3.05, 3.63) is 59.7 Å². The zero-order valence-electron chi connectivity index (χ0n) is 15.9. The SMILES string of the molecule is [C-]#[N+]c1ccc(-c2c(C)nn(-c3ccc(S(=O)(=O)NC(C)=O)cn3)c2OC)cc1. The predicted molar refractivity (Wildman–Crippen MR) is 105 cm³/mol. The fraction of sp³-hybridized carbons (Fsp3) is 0.158. The molecule has 1 amide bonds. The molecule has 0 bridgehead atoms. The molecule has 10 heteroatoms. The van der Waals surface area contributed by atoms with Crippen molar-refractivity contribution in [3.8, 4) is 22.8 Å². The van der Waals surface area contributed by atoms with Gasteiger partial charge in [-0.2, -0.15) is 9.78 Å². The van der Waals surface area contributed by atoms with Crippen LogP contribution in [0.5, 0.6) is 5.88 Å². The highest BCUT2D eigenvalue weighted by atomic mass is 32.2. The minimum atomic E-state index is -3.97. The summed E-state index contributed by atoms with van der Waals surface area (Å²) in [6.45, 7) is 9.99. The van der Waals surface area contributed by atoms with E-state index < -0.39 is 15.9 Å². The van der Waals surface area contributed by atoms with Gasteiger partial charge in [-0.3, -0.25) is 4.79 Å². The van der Waals surface area contributed by atoms with Crippen LogP contribution in [0.4, 0.5) is 5.69 Å². The van der Waals surface area contributed by atoms with Gasteiger partial charge in [0, 0.05) is 13.1 Å². The van der Waals surface area contributed by atoms with Gasteiger partial charge in [-0.15, -0.1) is 0 Å². The molecule has 3 rings (SSSR count). The molecule has 148 valence electrons. The van der Waals surface area contributed by atoms with Gasteiger partial charge in [0.15, 0.2) is 11.5 Å². The summed E-state index contributed by atoms with van der Waals surface area (Å²) >= 11 is 0. The summed E-state index contributed by atoms with van der Waals surface area (Å²) in [6.07, 6.45) is 1.14. The van der Waals surface area contributed by atoms with Gasteiger partial charge in [-0.25, -0.2) is 23.0 Å². The zero-order valence-corrected chi connectivity index (χ0v) is 16.7. The van der Waals surface area contributed by atoms with Crippen LogP contribution in [-0.2, 0) is 14.8 Å². The first kappa shape index (κ1) is 20.0. The van der Waals surface area contributed by atoms with Crippen molar-refractivity contribution >= 4 is 21.6 Å². The molecule has 0 saturated carbocycles. The molecule has 9 nitrogen and oxygen atoms in total. The van der Waals surface area contributed by atoms with E-state index in [1.165, 1.54) is 23.9 Å². The third kappa shape index (κ3) is 3.95. The van der Waals surface area contributed by atoms with Crippen molar-refractivity contribution in [2.75, 3.05) is 7.11 Å². The highest BCUT2D eigenvalue weighted by molar-refractivity contribution is 7.90. The second kappa shape index (κ2) is 7.73. The minimum Gasteiger partial charge on any atom is -0.480 e. The number of carbonyl (C=O) groups excluding carboxylic acids is 1. The Labute approximate surface area is 167 Å². The number of ether oxygens (including phenoxy) is 1. The van der Waals surface area contributed by atoms with Crippen LogP contribution >= 0.6 is 0 Å². The van der Waals surface area contributed by atoms with E-state index in [0.717, 1.165) is 24.2 Å². The molecule has 0 spiro atoms. The first-order valence-corrected chi connectivity index (χ1v) is 9.86. The fourth-order valence-electron chi connectivity index (χ4n) is 2.79. The third-order valence-corrected chi connectivity index (χ3v) is 5.44. The van der Waals surface area contributed by atoms with E-state index in [0.29, 0.717) is 23.1 Å². The number of nitrogens with zero attached hydrogens (tertiary/aromatic N) is 4. The molecule has 0 aliphatic carbocycles. The van der Waals surface area contributed by atoms with Crippen LogP contribution in [0.1, 0.15) is 12.6 Å². The molecular formula is C19H17N5O4S. The molecule has 1 aromatic carbocycles. The van der Waals surface area contributed by atoms with Gasteiger partial charge in [0.05, 0.1) is 24.9 Å². The van der Waals surface area contributed by atoms with E-state index in [-0.39, 0.29) is 4.90 Å². The van der Waals surface area contributed by atoms with Crippen LogP contribution in [0.15, 0.2) is 47.5 Å². The second-order valence-corrected chi connectivity index (χ2v) is 7.74. The fourth-order valence-corrected chi connectivity index (χ4v) is 3.72. The molecule has 29 heavy (non-hydrogen) atoms. The van der Waals surface area contributed by atoms with Gasteiger partial charge < -0.3 is 4.74 Å². The Morgan fingerprint density at radius 1 is 1.21 bits per heavy atom. The standard InChI is InChI=1S/C19H17N5O4S/c1-12-18(14-5-7-15(20-3)8-6-14)19(28-4)24(22-12)17-10-9-16(11-21-17)29(26,27)23-13(2)25/h5-11H,1-2,4H3,(H,23,25). The number of methoxy groups -OCH3 is 1. The Morgan fingerprint density at radius 3 is 2.41 bits per heavy atom. The number of aromatic nitrogens is 3. The van der Waals surface area contributed by atoms with Crippen molar-refractivity contribution in [2.24, 2.45) is 0 Å². The summed E-state index contributed by atoms with van der Waals surface area (Å²) in [7, 11) is -2.47. The molecule has 0 radical (unpaired) electrons. The monoisotopic (exact) mass is 411 g/mol. The van der Waals surface area contributed by atoms with Gasteiger partial charge in [-0.05, 0) is 24.6 Å². The van der Waals surface area contributed by atoms with E-state index in [1.807, 2.05) is 11.6 Å². The van der Waals surface area contributed by atoms with E-state index in [4.69, 9.17) is 11.3 Å². The molecule has 0 aliphatic heterocycles. The van der Waals surface area contributed by atoms with E-state index in [9.17, 15) is 13.2 Å². The van der Waals surface area contributed by atoms with Crippen molar-refractivity contribution in [1.29, 1.82) is 0 Å². The average molecular weight is 411 g/mol. The van der Waals surface area contributed by atoms with Crippen LogP contribution in [0.2, 0.25) is 0 Å². The number of carbonyl (C=O) groups is 1. The van der Waals surface area contributed by atoms with Gasteiger partial charge >= 0.3 is 0 Å². The maximum atomic E-state index is 12.1. The normalized spacial score (nSPS) is 11.0. The third-order valence-electron chi connectivity index (χ3n) is 4.02. The van der Waals surface area contributed by atoms with E-state index in [2.05, 4.69) is 14.9 Å². The smallest absolute Gasteiger partial charge is 0.265 e. The maximum Gasteiger partial charge on any atom is 0.265 e.